The Labute approximate surface area is 182 Å². The second-order valence-electron chi connectivity index (χ2n) is 8.32. The molecular formula is C23H29FN4O3. The lowest BCUT2D eigenvalue weighted by Gasteiger charge is -2.41. The lowest BCUT2D eigenvalue weighted by atomic mass is 10.0. The molecule has 8 heteroatoms. The van der Waals surface area contributed by atoms with Crippen molar-refractivity contribution < 1.29 is 18.7 Å². The minimum atomic E-state index is -0.623. The maximum Gasteiger partial charge on any atom is 0.414 e. The fraction of sp³-hybridized carbons (Fsp3) is 0.478. The molecule has 3 aliphatic rings. The molecule has 2 saturated heterocycles. The number of dihydropyridines is 1. The zero-order valence-electron chi connectivity index (χ0n) is 18.2. The number of ether oxygens (including phenoxy) is 1. The van der Waals surface area contributed by atoms with Gasteiger partial charge in [0, 0.05) is 32.4 Å². The van der Waals surface area contributed by atoms with E-state index in [1.807, 2.05) is 13.1 Å². The molecule has 1 N–H and O–H groups in total. The van der Waals surface area contributed by atoms with Gasteiger partial charge in [0.1, 0.15) is 18.6 Å². The van der Waals surface area contributed by atoms with Crippen molar-refractivity contribution in [1.82, 2.24) is 15.1 Å². The quantitative estimate of drug-likeness (QED) is 0.799. The Morgan fingerprint density at radius 1 is 1.26 bits per heavy atom. The molecule has 1 unspecified atom stereocenters. The highest BCUT2D eigenvalue weighted by Crippen LogP contribution is 2.26. The molecule has 0 bridgehead atoms. The molecule has 7 nitrogen and oxygen atoms in total. The van der Waals surface area contributed by atoms with Crippen molar-refractivity contribution in [3.05, 3.63) is 53.0 Å². The van der Waals surface area contributed by atoms with Gasteiger partial charge in [-0.05, 0) is 49.6 Å². The number of rotatable bonds is 4. The summed E-state index contributed by atoms with van der Waals surface area (Å²) in [6.45, 7) is 8.82. The number of anilines is 1. The molecule has 0 aliphatic carbocycles. The predicted molar refractivity (Wildman–Crippen MR) is 116 cm³/mol. The lowest BCUT2D eigenvalue weighted by molar-refractivity contribution is 0.0572. The van der Waals surface area contributed by atoms with Crippen LogP contribution in [0.15, 0.2) is 41.6 Å². The average molecular weight is 429 g/mol. The number of hydrogen-bond acceptors (Lipinski definition) is 5. The lowest BCUT2D eigenvalue weighted by Crippen LogP contribution is -2.56. The van der Waals surface area contributed by atoms with Gasteiger partial charge in [0.15, 0.2) is 0 Å². The van der Waals surface area contributed by atoms with Gasteiger partial charge in [-0.3, -0.25) is 14.6 Å². The molecule has 2 amide bonds. The molecule has 166 valence electrons. The first kappa shape index (κ1) is 21.4. The Balaban J connectivity index is 1.41. The average Bonchev–Trinajstić information content (AvgIpc) is 3.11. The highest BCUT2D eigenvalue weighted by molar-refractivity contribution is 5.96. The molecule has 0 aromatic heterocycles. The number of piperazine rings is 1. The van der Waals surface area contributed by atoms with Gasteiger partial charge in [0.05, 0.1) is 17.3 Å². The van der Waals surface area contributed by atoms with Crippen LogP contribution in [0.4, 0.5) is 14.9 Å². The van der Waals surface area contributed by atoms with Crippen molar-refractivity contribution >= 4 is 17.7 Å². The van der Waals surface area contributed by atoms with Crippen molar-refractivity contribution in [3.8, 4) is 0 Å². The van der Waals surface area contributed by atoms with Gasteiger partial charge in [-0.2, -0.15) is 0 Å². The molecule has 0 spiro atoms. The molecular weight excluding hydrogens is 399 g/mol. The zero-order chi connectivity index (χ0) is 22.1. The van der Waals surface area contributed by atoms with Crippen LogP contribution in [0.3, 0.4) is 0 Å². The normalized spacial score (nSPS) is 24.5. The summed E-state index contributed by atoms with van der Waals surface area (Å²) in [4.78, 5) is 30.3. The second-order valence-corrected chi connectivity index (χ2v) is 8.32. The molecule has 1 aromatic carbocycles. The molecule has 2 fully saturated rings. The number of halogens is 1. The third kappa shape index (κ3) is 4.17. The topological polar surface area (TPSA) is 65.1 Å². The van der Waals surface area contributed by atoms with E-state index in [1.54, 1.807) is 11.0 Å². The van der Waals surface area contributed by atoms with Gasteiger partial charge >= 0.3 is 6.09 Å². The standard InChI is InChI=1S/C23H29FN4O3/c1-4-17-11-15(2)13-25-21(17)26-7-9-27(10-8-26)22(29)19-6-5-18(12-20(19)24)28-16(3)14-31-23(28)30/h5-6,11-13,16,21,25H,4,7-10,14H2,1-3H3/t16-,21?/m1/s1. The molecule has 0 radical (unpaired) electrons. The fourth-order valence-corrected chi connectivity index (χ4v) is 4.42. The predicted octanol–water partition coefficient (Wildman–Crippen LogP) is 3.10. The van der Waals surface area contributed by atoms with Crippen LogP contribution in [0, 0.1) is 5.82 Å². The second kappa shape index (κ2) is 8.70. The summed E-state index contributed by atoms with van der Waals surface area (Å²) >= 11 is 0. The van der Waals surface area contributed by atoms with Crippen molar-refractivity contribution in [3.63, 3.8) is 0 Å². The van der Waals surface area contributed by atoms with E-state index in [2.05, 4.69) is 30.1 Å². The van der Waals surface area contributed by atoms with Gasteiger partial charge in [0.2, 0.25) is 0 Å². The number of allylic oxidation sites excluding steroid dienone is 2. The van der Waals surface area contributed by atoms with E-state index < -0.39 is 11.9 Å². The first-order chi connectivity index (χ1) is 14.9. The van der Waals surface area contributed by atoms with E-state index in [0.717, 1.165) is 6.42 Å². The van der Waals surface area contributed by atoms with Crippen molar-refractivity contribution in [2.45, 2.75) is 39.4 Å². The monoisotopic (exact) mass is 428 g/mol. The molecule has 1 aromatic rings. The number of hydrogen-bond donors (Lipinski definition) is 1. The number of carbonyl (C=O) groups is 2. The van der Waals surface area contributed by atoms with Crippen molar-refractivity contribution in [2.24, 2.45) is 0 Å². The Morgan fingerprint density at radius 3 is 2.61 bits per heavy atom. The Kier molecular flexibility index (Phi) is 6.00. The number of amides is 2. The van der Waals surface area contributed by atoms with Crippen LogP contribution < -0.4 is 10.2 Å². The van der Waals surface area contributed by atoms with E-state index >= 15 is 0 Å². The van der Waals surface area contributed by atoms with Crippen LogP contribution >= 0.6 is 0 Å². The zero-order valence-corrected chi connectivity index (χ0v) is 18.2. The summed E-state index contributed by atoms with van der Waals surface area (Å²) in [6.07, 6.45) is 4.85. The van der Waals surface area contributed by atoms with E-state index in [1.165, 1.54) is 28.2 Å². The molecule has 4 rings (SSSR count). The van der Waals surface area contributed by atoms with Crippen LogP contribution in [0.25, 0.3) is 0 Å². The maximum absolute atomic E-state index is 14.8. The van der Waals surface area contributed by atoms with Crippen LogP contribution in [0.2, 0.25) is 0 Å². The van der Waals surface area contributed by atoms with Crippen LogP contribution in [-0.2, 0) is 4.74 Å². The van der Waals surface area contributed by atoms with Gasteiger partial charge in [-0.25, -0.2) is 9.18 Å². The Morgan fingerprint density at radius 2 is 2.00 bits per heavy atom. The number of nitrogens with one attached hydrogen (secondary N) is 1. The smallest absolute Gasteiger partial charge is 0.414 e. The van der Waals surface area contributed by atoms with Gasteiger partial charge < -0.3 is 15.0 Å². The largest absolute Gasteiger partial charge is 0.447 e. The summed E-state index contributed by atoms with van der Waals surface area (Å²) in [7, 11) is 0. The van der Waals surface area contributed by atoms with E-state index in [-0.39, 0.29) is 30.3 Å². The van der Waals surface area contributed by atoms with Crippen LogP contribution in [0.1, 0.15) is 37.6 Å². The van der Waals surface area contributed by atoms with Gasteiger partial charge in [-0.15, -0.1) is 0 Å². The number of nitrogens with zero attached hydrogens (tertiary/aromatic N) is 3. The van der Waals surface area contributed by atoms with Crippen LogP contribution in [0.5, 0.6) is 0 Å². The van der Waals surface area contributed by atoms with Gasteiger partial charge in [0.25, 0.3) is 5.91 Å². The maximum atomic E-state index is 14.8. The summed E-state index contributed by atoms with van der Waals surface area (Å²) in [5.74, 6) is -0.943. The van der Waals surface area contributed by atoms with Crippen LogP contribution in [-0.4, -0.2) is 66.8 Å². The number of benzene rings is 1. The van der Waals surface area contributed by atoms with E-state index in [4.69, 9.17) is 4.74 Å². The van der Waals surface area contributed by atoms with Gasteiger partial charge in [-0.1, -0.05) is 13.0 Å². The first-order valence-corrected chi connectivity index (χ1v) is 10.8. The highest BCUT2D eigenvalue weighted by atomic mass is 19.1. The third-order valence-corrected chi connectivity index (χ3v) is 6.15. The first-order valence-electron chi connectivity index (χ1n) is 10.8. The molecule has 2 atom stereocenters. The summed E-state index contributed by atoms with van der Waals surface area (Å²) in [5, 5.41) is 3.45. The Hall–Kier alpha value is -2.87. The van der Waals surface area contributed by atoms with Crippen molar-refractivity contribution in [1.29, 1.82) is 0 Å². The Bertz CT molecular complexity index is 937. The molecule has 3 aliphatic heterocycles. The SMILES string of the molecule is CCC1=CC(C)=CNC1N1CCN(C(=O)c2ccc(N3C(=O)OC[C@H]3C)cc2F)CC1. The molecule has 3 heterocycles. The fourth-order valence-electron chi connectivity index (χ4n) is 4.42. The van der Waals surface area contributed by atoms with Crippen molar-refractivity contribution in [2.75, 3.05) is 37.7 Å². The summed E-state index contributed by atoms with van der Waals surface area (Å²) in [5.41, 5.74) is 2.97. The minimum absolute atomic E-state index is 0.0286. The van der Waals surface area contributed by atoms with E-state index in [9.17, 15) is 14.0 Å². The highest BCUT2D eigenvalue weighted by Gasteiger charge is 2.33. The molecule has 31 heavy (non-hydrogen) atoms. The third-order valence-electron chi connectivity index (χ3n) is 6.15. The number of carbonyl (C=O) groups excluding carboxylic acids is 2. The molecule has 0 saturated carbocycles. The minimum Gasteiger partial charge on any atom is -0.447 e. The van der Waals surface area contributed by atoms with E-state index in [0.29, 0.717) is 31.9 Å². The number of cyclic esters (lactones) is 1. The summed E-state index contributed by atoms with van der Waals surface area (Å²) in [6, 6.07) is 4.14. The summed E-state index contributed by atoms with van der Waals surface area (Å²) < 4.78 is 19.8.